The average Bonchev–Trinajstić information content (AvgIpc) is 2.26. The minimum absolute atomic E-state index is 0.0304. The van der Waals surface area contributed by atoms with Crippen LogP contribution in [-0.4, -0.2) is 11.7 Å². The van der Waals surface area contributed by atoms with E-state index in [2.05, 4.69) is 0 Å². The molecule has 14 heavy (non-hydrogen) atoms. The lowest BCUT2D eigenvalue weighted by Gasteiger charge is -2.05. The van der Waals surface area contributed by atoms with Crippen LogP contribution in [0.4, 0.5) is 0 Å². The monoisotopic (exact) mass is 232 g/mol. The van der Waals surface area contributed by atoms with Crippen LogP contribution < -0.4 is 4.74 Å². The Morgan fingerprint density at radius 3 is 2.50 bits per heavy atom. The fraction of sp³-hybridized carbons (Fsp3) is 0.200. The van der Waals surface area contributed by atoms with Gasteiger partial charge >= 0.3 is 0 Å². The van der Waals surface area contributed by atoms with E-state index in [9.17, 15) is 0 Å². The summed E-state index contributed by atoms with van der Waals surface area (Å²) in [7, 11) is 0. The van der Waals surface area contributed by atoms with Gasteiger partial charge in [-0.25, -0.2) is 0 Å². The molecule has 0 amide bonds. The SMILES string of the molecule is OCc1ccc(OCC(Cl)=CCl)cc1. The van der Waals surface area contributed by atoms with Gasteiger partial charge in [-0.1, -0.05) is 35.3 Å². The lowest BCUT2D eigenvalue weighted by atomic mass is 10.2. The van der Waals surface area contributed by atoms with Gasteiger partial charge in [0.05, 0.1) is 11.6 Å². The third-order valence-corrected chi connectivity index (χ3v) is 2.19. The molecular formula is C10H10Cl2O2. The van der Waals surface area contributed by atoms with Gasteiger partial charge in [0.1, 0.15) is 12.4 Å². The minimum atomic E-state index is 0.0304. The molecule has 0 aromatic heterocycles. The molecule has 0 saturated heterocycles. The molecule has 0 unspecified atom stereocenters. The Labute approximate surface area is 92.7 Å². The first-order valence-electron chi connectivity index (χ1n) is 4.03. The molecule has 0 heterocycles. The van der Waals surface area contributed by atoms with Gasteiger partial charge in [-0.15, -0.1) is 0 Å². The molecule has 0 fully saturated rings. The zero-order chi connectivity index (χ0) is 10.4. The van der Waals surface area contributed by atoms with Crippen LogP contribution in [0.2, 0.25) is 0 Å². The Bertz CT molecular complexity index is 306. The van der Waals surface area contributed by atoms with E-state index in [1.165, 1.54) is 5.54 Å². The maximum atomic E-state index is 8.80. The summed E-state index contributed by atoms with van der Waals surface area (Å²) in [6.07, 6.45) is 0. The normalized spacial score (nSPS) is 11.5. The van der Waals surface area contributed by atoms with Crippen LogP contribution in [0.25, 0.3) is 0 Å². The van der Waals surface area contributed by atoms with Crippen LogP contribution in [0.15, 0.2) is 34.8 Å². The second-order valence-corrected chi connectivity index (χ2v) is 3.35. The van der Waals surface area contributed by atoms with Gasteiger partial charge in [-0.2, -0.15) is 0 Å². The van der Waals surface area contributed by atoms with E-state index in [1.54, 1.807) is 24.3 Å². The van der Waals surface area contributed by atoms with Crippen molar-refractivity contribution in [3.05, 3.63) is 40.4 Å². The van der Waals surface area contributed by atoms with E-state index in [0.717, 1.165) is 5.56 Å². The summed E-state index contributed by atoms with van der Waals surface area (Å²) in [6.45, 7) is 0.284. The Balaban J connectivity index is 2.52. The lowest BCUT2D eigenvalue weighted by Crippen LogP contribution is -1.96. The van der Waals surface area contributed by atoms with Gasteiger partial charge in [0.2, 0.25) is 0 Å². The summed E-state index contributed by atoms with van der Waals surface area (Å²) >= 11 is 11.0. The standard InChI is InChI=1S/C10H10Cl2O2/c11-5-9(12)7-14-10-3-1-8(6-13)2-4-10/h1-5,13H,6-7H2. The predicted octanol–water partition coefficient (Wildman–Crippen LogP) is 2.88. The Hall–Kier alpha value is -0.700. The third kappa shape index (κ3) is 3.58. The number of halogens is 2. The number of aliphatic hydroxyl groups is 1. The second-order valence-electron chi connectivity index (χ2n) is 2.65. The molecule has 0 aliphatic carbocycles. The summed E-state index contributed by atoms with van der Waals surface area (Å²) in [4.78, 5) is 0. The van der Waals surface area contributed by atoms with E-state index >= 15 is 0 Å². The molecule has 0 bridgehead atoms. The highest BCUT2D eigenvalue weighted by Gasteiger charge is 1.96. The van der Waals surface area contributed by atoms with Crippen LogP contribution in [0.1, 0.15) is 5.56 Å². The molecule has 1 rings (SSSR count). The van der Waals surface area contributed by atoms with Crippen molar-refractivity contribution in [2.75, 3.05) is 6.61 Å². The molecule has 2 nitrogen and oxygen atoms in total. The van der Waals surface area contributed by atoms with E-state index in [4.69, 9.17) is 33.0 Å². The highest BCUT2D eigenvalue weighted by atomic mass is 35.5. The van der Waals surface area contributed by atoms with Crippen molar-refractivity contribution in [1.29, 1.82) is 0 Å². The van der Waals surface area contributed by atoms with Crippen LogP contribution in [0.5, 0.6) is 5.75 Å². The molecule has 1 aromatic rings. The first-order valence-corrected chi connectivity index (χ1v) is 4.85. The maximum Gasteiger partial charge on any atom is 0.125 e. The number of hydrogen-bond donors (Lipinski definition) is 1. The number of aliphatic hydroxyl groups excluding tert-OH is 1. The number of ether oxygens (including phenoxy) is 1. The van der Waals surface area contributed by atoms with Gasteiger partial charge in [0.15, 0.2) is 0 Å². The Kier molecular flexibility index (Phi) is 4.80. The first kappa shape index (κ1) is 11.4. The van der Waals surface area contributed by atoms with Crippen LogP contribution in [0, 0.1) is 0 Å². The summed E-state index contributed by atoms with van der Waals surface area (Å²) in [5, 5.41) is 9.24. The van der Waals surface area contributed by atoms with Gasteiger partial charge in [-0.3, -0.25) is 0 Å². The average molecular weight is 233 g/mol. The minimum Gasteiger partial charge on any atom is -0.488 e. The summed E-state index contributed by atoms with van der Waals surface area (Å²) in [5.74, 6) is 0.693. The third-order valence-electron chi connectivity index (χ3n) is 1.60. The molecule has 1 aromatic carbocycles. The fourth-order valence-electron chi connectivity index (χ4n) is 0.875. The van der Waals surface area contributed by atoms with Crippen molar-refractivity contribution in [1.82, 2.24) is 0 Å². The molecule has 1 N–H and O–H groups in total. The molecule has 0 spiro atoms. The van der Waals surface area contributed by atoms with Crippen molar-refractivity contribution in [2.24, 2.45) is 0 Å². The quantitative estimate of drug-likeness (QED) is 0.866. The topological polar surface area (TPSA) is 29.5 Å². The molecule has 0 atom stereocenters. The summed E-state index contributed by atoms with van der Waals surface area (Å²) < 4.78 is 5.29. The van der Waals surface area contributed by atoms with Crippen molar-refractivity contribution in [3.8, 4) is 5.75 Å². The molecular weight excluding hydrogens is 223 g/mol. The number of hydrogen-bond acceptors (Lipinski definition) is 2. The molecule has 0 aliphatic heterocycles. The molecule has 0 aliphatic rings. The fourth-order valence-corrected chi connectivity index (χ4v) is 0.992. The largest absolute Gasteiger partial charge is 0.488 e. The molecule has 0 saturated carbocycles. The Morgan fingerprint density at radius 2 is 2.00 bits per heavy atom. The zero-order valence-electron chi connectivity index (χ0n) is 7.41. The molecule has 76 valence electrons. The zero-order valence-corrected chi connectivity index (χ0v) is 8.92. The Morgan fingerprint density at radius 1 is 1.36 bits per heavy atom. The van der Waals surface area contributed by atoms with Crippen molar-refractivity contribution in [2.45, 2.75) is 6.61 Å². The van der Waals surface area contributed by atoms with Gasteiger partial charge in [0, 0.05) is 5.54 Å². The summed E-state index contributed by atoms with van der Waals surface area (Å²) in [6, 6.07) is 7.11. The van der Waals surface area contributed by atoms with Gasteiger partial charge < -0.3 is 9.84 Å². The molecule has 0 radical (unpaired) electrons. The van der Waals surface area contributed by atoms with Crippen LogP contribution >= 0.6 is 23.2 Å². The van der Waals surface area contributed by atoms with Gasteiger partial charge in [0.25, 0.3) is 0 Å². The van der Waals surface area contributed by atoms with E-state index in [-0.39, 0.29) is 13.2 Å². The lowest BCUT2D eigenvalue weighted by molar-refractivity contribution is 0.281. The highest BCUT2D eigenvalue weighted by Crippen LogP contribution is 2.14. The van der Waals surface area contributed by atoms with Crippen LogP contribution in [0.3, 0.4) is 0 Å². The smallest absolute Gasteiger partial charge is 0.125 e. The molecule has 4 heteroatoms. The van der Waals surface area contributed by atoms with E-state index < -0.39 is 0 Å². The van der Waals surface area contributed by atoms with Crippen LogP contribution in [-0.2, 0) is 6.61 Å². The summed E-state index contributed by atoms with van der Waals surface area (Å²) in [5.41, 5.74) is 2.11. The van der Waals surface area contributed by atoms with Gasteiger partial charge in [-0.05, 0) is 17.7 Å². The second kappa shape index (κ2) is 5.91. The number of benzene rings is 1. The van der Waals surface area contributed by atoms with E-state index in [1.807, 2.05) is 0 Å². The predicted molar refractivity (Wildman–Crippen MR) is 57.6 cm³/mol. The van der Waals surface area contributed by atoms with E-state index in [0.29, 0.717) is 10.8 Å². The van der Waals surface area contributed by atoms with Crippen molar-refractivity contribution < 1.29 is 9.84 Å². The van der Waals surface area contributed by atoms with Crippen molar-refractivity contribution in [3.63, 3.8) is 0 Å². The highest BCUT2D eigenvalue weighted by molar-refractivity contribution is 6.36. The van der Waals surface area contributed by atoms with Crippen molar-refractivity contribution >= 4 is 23.2 Å². The maximum absolute atomic E-state index is 8.80. The first-order chi connectivity index (χ1) is 6.76. The number of rotatable bonds is 4.